The van der Waals surface area contributed by atoms with Gasteiger partial charge in [0.1, 0.15) is 0 Å². The Labute approximate surface area is 117 Å². The average molecular weight is 269 g/mol. The summed E-state index contributed by atoms with van der Waals surface area (Å²) in [7, 11) is 0. The molecule has 4 heteroatoms. The Kier molecular flexibility index (Phi) is 4.15. The van der Waals surface area contributed by atoms with Crippen molar-refractivity contribution < 1.29 is 14.7 Å². The quantitative estimate of drug-likeness (QED) is 0.896. The molecule has 1 amide bonds. The third-order valence-corrected chi connectivity index (χ3v) is 2.97. The van der Waals surface area contributed by atoms with E-state index in [1.807, 2.05) is 31.2 Å². The van der Waals surface area contributed by atoms with Gasteiger partial charge in [-0.25, -0.2) is 4.79 Å². The first kappa shape index (κ1) is 13.8. The smallest absolute Gasteiger partial charge is 0.335 e. The van der Waals surface area contributed by atoms with Crippen molar-refractivity contribution in [3.63, 3.8) is 0 Å². The summed E-state index contributed by atoms with van der Waals surface area (Å²) in [4.78, 5) is 22.6. The molecule has 0 saturated carbocycles. The fraction of sp³-hybridized carbons (Fsp3) is 0.125. The Hall–Kier alpha value is -2.62. The van der Waals surface area contributed by atoms with Crippen LogP contribution in [-0.2, 0) is 6.54 Å². The second-order valence-corrected chi connectivity index (χ2v) is 4.55. The van der Waals surface area contributed by atoms with Crippen LogP contribution in [0.5, 0.6) is 0 Å². The van der Waals surface area contributed by atoms with Gasteiger partial charge in [0.05, 0.1) is 5.56 Å². The lowest BCUT2D eigenvalue weighted by molar-refractivity contribution is 0.0696. The van der Waals surface area contributed by atoms with Crippen LogP contribution < -0.4 is 5.32 Å². The molecule has 102 valence electrons. The van der Waals surface area contributed by atoms with Crippen molar-refractivity contribution in [1.82, 2.24) is 5.32 Å². The second kappa shape index (κ2) is 6.02. The summed E-state index contributed by atoms with van der Waals surface area (Å²) in [5, 5.41) is 11.6. The van der Waals surface area contributed by atoms with Gasteiger partial charge in [0.15, 0.2) is 0 Å². The van der Waals surface area contributed by atoms with Crippen LogP contribution in [0.15, 0.2) is 48.5 Å². The van der Waals surface area contributed by atoms with E-state index in [1.54, 1.807) is 0 Å². The van der Waals surface area contributed by atoms with Gasteiger partial charge < -0.3 is 10.4 Å². The Morgan fingerprint density at radius 2 is 1.50 bits per heavy atom. The minimum atomic E-state index is -1.00. The molecule has 4 nitrogen and oxygen atoms in total. The van der Waals surface area contributed by atoms with Gasteiger partial charge in [0.2, 0.25) is 0 Å². The standard InChI is InChI=1S/C16H15NO3/c1-11-2-4-12(5-3-11)10-17-15(18)13-6-8-14(9-7-13)16(19)20/h2-9H,10H2,1H3,(H,17,18)(H,19,20). The predicted octanol–water partition coefficient (Wildman–Crippen LogP) is 2.62. The first-order valence-corrected chi connectivity index (χ1v) is 6.23. The predicted molar refractivity (Wildman–Crippen MR) is 75.8 cm³/mol. The molecule has 0 radical (unpaired) electrons. The van der Waals surface area contributed by atoms with Crippen LogP contribution in [0.3, 0.4) is 0 Å². The maximum absolute atomic E-state index is 11.9. The van der Waals surface area contributed by atoms with E-state index in [-0.39, 0.29) is 11.5 Å². The molecule has 0 unspecified atom stereocenters. The fourth-order valence-corrected chi connectivity index (χ4v) is 1.75. The van der Waals surface area contributed by atoms with Crippen molar-refractivity contribution in [2.45, 2.75) is 13.5 Å². The molecule has 2 N–H and O–H groups in total. The number of hydrogen-bond acceptors (Lipinski definition) is 2. The molecular weight excluding hydrogens is 254 g/mol. The molecule has 0 aliphatic rings. The monoisotopic (exact) mass is 269 g/mol. The van der Waals surface area contributed by atoms with Crippen molar-refractivity contribution in [2.75, 3.05) is 0 Å². The first-order chi connectivity index (χ1) is 9.56. The number of hydrogen-bond donors (Lipinski definition) is 2. The molecule has 0 atom stereocenters. The highest BCUT2D eigenvalue weighted by Gasteiger charge is 2.07. The molecule has 0 aromatic heterocycles. The van der Waals surface area contributed by atoms with E-state index in [1.165, 1.54) is 29.8 Å². The van der Waals surface area contributed by atoms with Crippen molar-refractivity contribution in [1.29, 1.82) is 0 Å². The number of carbonyl (C=O) groups excluding carboxylic acids is 1. The molecule has 0 saturated heterocycles. The summed E-state index contributed by atoms with van der Waals surface area (Å²) in [6.07, 6.45) is 0. The average Bonchev–Trinajstić information content (AvgIpc) is 2.46. The largest absolute Gasteiger partial charge is 0.478 e. The van der Waals surface area contributed by atoms with Gasteiger partial charge in [0.25, 0.3) is 5.91 Å². The minimum absolute atomic E-state index is 0.167. The number of aryl methyl sites for hydroxylation is 1. The molecule has 0 aliphatic carbocycles. The number of rotatable bonds is 4. The Bertz CT molecular complexity index is 615. The SMILES string of the molecule is Cc1ccc(CNC(=O)c2ccc(C(=O)O)cc2)cc1. The van der Waals surface area contributed by atoms with Crippen molar-refractivity contribution in [3.8, 4) is 0 Å². The number of nitrogens with one attached hydrogen (secondary N) is 1. The van der Waals surface area contributed by atoms with Crippen LogP contribution in [-0.4, -0.2) is 17.0 Å². The molecule has 0 bridgehead atoms. The van der Waals surface area contributed by atoms with E-state index in [4.69, 9.17) is 5.11 Å². The third-order valence-electron chi connectivity index (χ3n) is 2.97. The molecule has 0 spiro atoms. The minimum Gasteiger partial charge on any atom is -0.478 e. The summed E-state index contributed by atoms with van der Waals surface area (Å²) in [6, 6.07) is 13.8. The molecular formula is C16H15NO3. The van der Waals surface area contributed by atoms with Gasteiger partial charge in [-0.2, -0.15) is 0 Å². The van der Waals surface area contributed by atoms with Crippen LogP contribution in [0.2, 0.25) is 0 Å². The lowest BCUT2D eigenvalue weighted by Gasteiger charge is -2.06. The number of carboxylic acids is 1. The molecule has 0 heterocycles. The zero-order valence-corrected chi connectivity index (χ0v) is 11.1. The summed E-state index contributed by atoms with van der Waals surface area (Å²) < 4.78 is 0. The van der Waals surface area contributed by atoms with Crippen LogP contribution in [0.25, 0.3) is 0 Å². The first-order valence-electron chi connectivity index (χ1n) is 6.23. The van der Waals surface area contributed by atoms with Crippen LogP contribution >= 0.6 is 0 Å². The molecule has 0 aliphatic heterocycles. The van der Waals surface area contributed by atoms with Crippen LogP contribution in [0, 0.1) is 6.92 Å². The summed E-state index contributed by atoms with van der Waals surface area (Å²) in [6.45, 7) is 2.45. The van der Waals surface area contributed by atoms with Gasteiger partial charge in [-0.05, 0) is 36.8 Å². The second-order valence-electron chi connectivity index (χ2n) is 4.55. The Morgan fingerprint density at radius 1 is 0.950 bits per heavy atom. The van der Waals surface area contributed by atoms with Gasteiger partial charge >= 0.3 is 5.97 Å². The molecule has 2 aromatic rings. The number of carbonyl (C=O) groups is 2. The maximum atomic E-state index is 11.9. The van der Waals surface area contributed by atoms with Gasteiger partial charge in [-0.3, -0.25) is 4.79 Å². The third kappa shape index (κ3) is 3.45. The van der Waals surface area contributed by atoms with E-state index < -0.39 is 5.97 Å². The summed E-state index contributed by atoms with van der Waals surface area (Å²) in [5.41, 5.74) is 2.80. The zero-order valence-electron chi connectivity index (χ0n) is 11.1. The normalized spacial score (nSPS) is 10.1. The lowest BCUT2D eigenvalue weighted by atomic mass is 10.1. The van der Waals surface area contributed by atoms with Crippen molar-refractivity contribution >= 4 is 11.9 Å². The van der Waals surface area contributed by atoms with Crippen LogP contribution in [0.1, 0.15) is 31.8 Å². The van der Waals surface area contributed by atoms with Crippen LogP contribution in [0.4, 0.5) is 0 Å². The van der Waals surface area contributed by atoms with Crippen molar-refractivity contribution in [2.24, 2.45) is 0 Å². The maximum Gasteiger partial charge on any atom is 0.335 e. The van der Waals surface area contributed by atoms with Gasteiger partial charge in [-0.15, -0.1) is 0 Å². The number of amides is 1. The van der Waals surface area contributed by atoms with E-state index in [0.717, 1.165) is 5.56 Å². The van der Waals surface area contributed by atoms with E-state index in [9.17, 15) is 9.59 Å². The van der Waals surface area contributed by atoms with Gasteiger partial charge in [-0.1, -0.05) is 29.8 Å². The zero-order chi connectivity index (χ0) is 14.5. The lowest BCUT2D eigenvalue weighted by Crippen LogP contribution is -2.22. The number of carboxylic acid groups (broad SMARTS) is 1. The highest BCUT2D eigenvalue weighted by atomic mass is 16.4. The summed E-state index contributed by atoms with van der Waals surface area (Å²) in [5.74, 6) is -1.22. The fourth-order valence-electron chi connectivity index (χ4n) is 1.75. The molecule has 2 rings (SSSR count). The Balaban J connectivity index is 1.97. The Morgan fingerprint density at radius 3 is 2.05 bits per heavy atom. The van der Waals surface area contributed by atoms with E-state index in [2.05, 4.69) is 5.32 Å². The molecule has 20 heavy (non-hydrogen) atoms. The molecule has 2 aromatic carbocycles. The van der Waals surface area contributed by atoms with E-state index >= 15 is 0 Å². The van der Waals surface area contributed by atoms with Gasteiger partial charge in [0, 0.05) is 12.1 Å². The summed E-state index contributed by atoms with van der Waals surface area (Å²) >= 11 is 0. The number of benzene rings is 2. The highest BCUT2D eigenvalue weighted by molar-refractivity contribution is 5.95. The number of aromatic carboxylic acids is 1. The molecule has 0 fully saturated rings. The highest BCUT2D eigenvalue weighted by Crippen LogP contribution is 2.06. The van der Waals surface area contributed by atoms with E-state index in [0.29, 0.717) is 12.1 Å². The topological polar surface area (TPSA) is 66.4 Å². The van der Waals surface area contributed by atoms with Crippen molar-refractivity contribution in [3.05, 3.63) is 70.8 Å².